The third kappa shape index (κ3) is 5.74. The normalized spacial score (nSPS) is 33.1. The van der Waals surface area contributed by atoms with Gasteiger partial charge in [0.15, 0.2) is 0 Å². The van der Waals surface area contributed by atoms with Gasteiger partial charge >= 0.3 is 0 Å². The number of carbonyl (C=O) groups excluding carboxylic acids is 1. The summed E-state index contributed by atoms with van der Waals surface area (Å²) in [5.74, 6) is -6.00. The van der Waals surface area contributed by atoms with E-state index in [0.29, 0.717) is 24.2 Å². The van der Waals surface area contributed by atoms with Crippen LogP contribution in [0.1, 0.15) is 116 Å². The average Bonchev–Trinajstić information content (AvgIpc) is 3.44. The summed E-state index contributed by atoms with van der Waals surface area (Å²) in [4.78, 5) is 15.3. The lowest BCUT2D eigenvalue weighted by molar-refractivity contribution is -0.130. The number of rotatable bonds is 8. The minimum absolute atomic E-state index is 0.0215. The number of carbonyl (C=O) groups is 1. The first-order valence-corrected chi connectivity index (χ1v) is 13.2. The van der Waals surface area contributed by atoms with Crippen LogP contribution in [0.5, 0.6) is 0 Å². The van der Waals surface area contributed by atoms with Crippen molar-refractivity contribution in [2.45, 2.75) is 114 Å². The van der Waals surface area contributed by atoms with Crippen LogP contribution in [0.2, 0.25) is 0 Å². The summed E-state index contributed by atoms with van der Waals surface area (Å²) in [6.07, 6.45) is -5.34. The van der Waals surface area contributed by atoms with Gasteiger partial charge in [-0.3, -0.25) is 9.69 Å². The molecular formula is C29H41F2N5O. The number of hydrogen-bond donors (Lipinski definition) is 1. The molecule has 0 spiro atoms. The van der Waals surface area contributed by atoms with Crippen molar-refractivity contribution in [3.63, 3.8) is 0 Å². The zero-order valence-electron chi connectivity index (χ0n) is 28.7. The van der Waals surface area contributed by atoms with Crippen molar-refractivity contribution in [2.24, 2.45) is 5.92 Å². The second kappa shape index (κ2) is 10.8. The molecule has 5 rings (SSSR count). The van der Waals surface area contributed by atoms with Crippen molar-refractivity contribution in [2.75, 3.05) is 6.50 Å². The summed E-state index contributed by atoms with van der Waals surface area (Å²) in [6, 6.07) is 7.76. The molecule has 1 N–H and O–H groups in total. The van der Waals surface area contributed by atoms with E-state index in [-0.39, 0.29) is 24.5 Å². The van der Waals surface area contributed by atoms with E-state index in [0.717, 1.165) is 18.7 Å². The zero-order valence-corrected chi connectivity index (χ0v) is 21.7. The Labute approximate surface area is 229 Å². The molecule has 1 saturated carbocycles. The fourth-order valence-corrected chi connectivity index (χ4v) is 6.01. The van der Waals surface area contributed by atoms with Crippen LogP contribution in [0.4, 0.5) is 8.78 Å². The van der Waals surface area contributed by atoms with Crippen LogP contribution in [-0.4, -0.2) is 50.1 Å². The van der Waals surface area contributed by atoms with E-state index in [1.54, 1.807) is 44.2 Å². The van der Waals surface area contributed by atoms with E-state index < -0.39 is 61.8 Å². The standard InChI is InChI=1S/C29H41F2N5O/c1-19(2)27-34-33-20(3)36(27)25-17-23-9-10-24(18-25)35(23)16-13-26(21-7-5-4-6-8-21)32-28(37)22-11-14-29(30,31)15-12-22/h4-8,19,22-26H,9-18H2,1-3H3,(H,32,37)/i14D2,15D2,16D2,19D. The summed E-state index contributed by atoms with van der Waals surface area (Å²) >= 11 is 0. The number of nitrogens with one attached hydrogen (secondary N) is 1. The number of aryl methyl sites for hydroxylation is 1. The Morgan fingerprint density at radius 3 is 2.41 bits per heavy atom. The number of nitrogens with zero attached hydrogens (tertiary/aromatic N) is 4. The minimum atomic E-state index is -4.25. The van der Waals surface area contributed by atoms with Gasteiger partial charge in [0.2, 0.25) is 11.8 Å². The van der Waals surface area contributed by atoms with Crippen LogP contribution in [-0.2, 0) is 4.79 Å². The van der Waals surface area contributed by atoms with Crippen molar-refractivity contribution in [3.8, 4) is 0 Å². The maximum atomic E-state index is 14.5. The van der Waals surface area contributed by atoms with Crippen molar-refractivity contribution in [1.29, 1.82) is 0 Å². The SMILES string of the molecule is [2H]C(C)(C)c1nnc(C)n1C1CC2CCC(C1)N2C([2H])([2H])CC(NC(=O)C1CC([2H])([2H])C(F)(F)C([2H])([2H])C1)c1ccccc1. The largest absolute Gasteiger partial charge is 0.349 e. The van der Waals surface area contributed by atoms with Gasteiger partial charge in [0, 0.05) is 58.8 Å². The van der Waals surface area contributed by atoms with Crippen LogP contribution in [0.15, 0.2) is 30.3 Å². The molecule has 6 nitrogen and oxygen atoms in total. The first kappa shape index (κ1) is 18.8. The molecule has 37 heavy (non-hydrogen) atoms. The molecule has 1 aromatic carbocycles. The van der Waals surface area contributed by atoms with Gasteiger partial charge in [0.25, 0.3) is 0 Å². The molecule has 2 aliphatic heterocycles. The molecular weight excluding hydrogens is 472 g/mol. The molecule has 1 aromatic heterocycles. The summed E-state index contributed by atoms with van der Waals surface area (Å²) in [5, 5.41) is 11.3. The molecule has 2 bridgehead atoms. The second-order valence-corrected chi connectivity index (χ2v) is 10.7. The maximum absolute atomic E-state index is 14.5. The predicted molar refractivity (Wildman–Crippen MR) is 139 cm³/mol. The molecule has 202 valence electrons. The molecule has 3 aliphatic rings. The van der Waals surface area contributed by atoms with Gasteiger partial charge in [0.05, 0.1) is 6.04 Å². The van der Waals surface area contributed by atoms with E-state index in [1.165, 1.54) is 0 Å². The van der Waals surface area contributed by atoms with Crippen LogP contribution in [0.25, 0.3) is 0 Å². The van der Waals surface area contributed by atoms with Gasteiger partial charge in [0.1, 0.15) is 11.6 Å². The van der Waals surface area contributed by atoms with Crippen LogP contribution in [0, 0.1) is 12.8 Å². The number of piperidine rings is 1. The Bertz CT molecular complexity index is 1330. The van der Waals surface area contributed by atoms with E-state index in [2.05, 4.69) is 15.5 Å². The van der Waals surface area contributed by atoms with E-state index in [9.17, 15) is 16.3 Å². The summed E-state index contributed by atoms with van der Waals surface area (Å²) in [6.45, 7) is 3.54. The number of hydrogen-bond acceptors (Lipinski definition) is 4. The smallest absolute Gasteiger partial charge is 0.248 e. The number of amides is 1. The number of halogens is 2. The fourth-order valence-electron chi connectivity index (χ4n) is 6.01. The molecule has 0 radical (unpaired) electrons. The van der Waals surface area contributed by atoms with Gasteiger partial charge in [-0.15, -0.1) is 10.2 Å². The van der Waals surface area contributed by atoms with Crippen molar-refractivity contribution >= 4 is 5.91 Å². The highest BCUT2D eigenvalue weighted by Crippen LogP contribution is 2.42. The van der Waals surface area contributed by atoms with Crippen LogP contribution < -0.4 is 5.32 Å². The third-order valence-corrected chi connectivity index (χ3v) is 7.90. The zero-order chi connectivity index (χ0) is 32.5. The highest BCUT2D eigenvalue weighted by molar-refractivity contribution is 5.79. The molecule has 1 aliphatic carbocycles. The van der Waals surface area contributed by atoms with Crippen molar-refractivity contribution in [3.05, 3.63) is 47.5 Å². The third-order valence-electron chi connectivity index (χ3n) is 7.90. The Morgan fingerprint density at radius 2 is 1.78 bits per heavy atom. The van der Waals surface area contributed by atoms with Gasteiger partial charge in [-0.25, -0.2) is 8.78 Å². The summed E-state index contributed by atoms with van der Waals surface area (Å²) < 4.78 is 89.4. The molecule has 2 saturated heterocycles. The Morgan fingerprint density at radius 1 is 1.14 bits per heavy atom. The van der Waals surface area contributed by atoms with E-state index >= 15 is 0 Å². The molecule has 3 fully saturated rings. The van der Waals surface area contributed by atoms with Gasteiger partial charge in [-0.2, -0.15) is 0 Å². The van der Waals surface area contributed by atoms with Gasteiger partial charge < -0.3 is 9.88 Å². The summed E-state index contributed by atoms with van der Waals surface area (Å²) in [7, 11) is 0. The monoisotopic (exact) mass is 520 g/mol. The first-order chi connectivity index (χ1) is 20.2. The first-order valence-electron chi connectivity index (χ1n) is 16.7. The van der Waals surface area contributed by atoms with Crippen LogP contribution >= 0.6 is 0 Å². The van der Waals surface area contributed by atoms with E-state index in [1.807, 2.05) is 16.4 Å². The number of aromatic nitrogens is 3. The molecule has 3 unspecified atom stereocenters. The molecule has 1 amide bonds. The second-order valence-electron chi connectivity index (χ2n) is 10.7. The predicted octanol–water partition coefficient (Wildman–Crippen LogP) is 5.95. The highest BCUT2D eigenvalue weighted by Gasteiger charge is 2.42. The van der Waals surface area contributed by atoms with Crippen molar-refractivity contribution < 1.29 is 23.2 Å². The van der Waals surface area contributed by atoms with Crippen molar-refractivity contribution in [1.82, 2.24) is 25.0 Å². The average molecular weight is 521 g/mol. The Kier molecular flexibility index (Phi) is 5.49. The fraction of sp³-hybridized carbons (Fsp3) is 0.690. The lowest BCUT2D eigenvalue weighted by Crippen LogP contribution is -2.45. The Balaban J connectivity index is 1.36. The highest BCUT2D eigenvalue weighted by atomic mass is 19.3. The lowest BCUT2D eigenvalue weighted by atomic mass is 9.86. The molecule has 8 heteroatoms. The lowest BCUT2D eigenvalue weighted by Gasteiger charge is -2.40. The molecule has 2 aromatic rings. The molecule has 3 atom stereocenters. The Hall–Kier alpha value is -2.35. The van der Waals surface area contributed by atoms with Crippen LogP contribution in [0.3, 0.4) is 0 Å². The topological polar surface area (TPSA) is 63.1 Å². The number of fused-ring (bicyclic) bond motifs is 2. The van der Waals surface area contributed by atoms with Gasteiger partial charge in [-0.1, -0.05) is 44.2 Å². The summed E-state index contributed by atoms with van der Waals surface area (Å²) in [5.41, 5.74) is 0.613. The maximum Gasteiger partial charge on any atom is 0.248 e. The molecule has 3 heterocycles. The van der Waals surface area contributed by atoms with E-state index in [4.69, 9.17) is 6.85 Å². The quantitative estimate of drug-likeness (QED) is 0.467. The number of benzene rings is 1. The number of alkyl halides is 2. The minimum Gasteiger partial charge on any atom is -0.349 e. The van der Waals surface area contributed by atoms with Gasteiger partial charge in [-0.05, 0) is 57.4 Å².